The second-order valence-corrected chi connectivity index (χ2v) is 11.8. The summed E-state index contributed by atoms with van der Waals surface area (Å²) in [5.41, 5.74) is -3.69. The number of alkyl halides is 3. The molecule has 3 N–H and O–H groups in total. The number of carbonyl (C=O) groups excluding carboxylic acids is 2. The summed E-state index contributed by atoms with van der Waals surface area (Å²) in [6.07, 6.45) is -3.99. The minimum Gasteiger partial charge on any atom is -0.509 e. The highest BCUT2D eigenvalue weighted by atomic mass is 19.4. The first-order valence-electron chi connectivity index (χ1n) is 15.7. The van der Waals surface area contributed by atoms with Crippen molar-refractivity contribution in [2.24, 2.45) is 0 Å². The Morgan fingerprint density at radius 1 is 1.06 bits per heavy atom. The lowest BCUT2D eigenvalue weighted by molar-refractivity contribution is -0.160. The minimum atomic E-state index is -4.75. The highest BCUT2D eigenvalue weighted by Gasteiger charge is 2.53. The maximum atomic E-state index is 15.4. The molecule has 2 amide bonds. The molecule has 270 valence electrons. The van der Waals surface area contributed by atoms with Crippen molar-refractivity contribution < 1.29 is 56.0 Å². The SMILES string of the molecule is COc1cccc(-c2cc(C(F)(F)F)ccc2NC(=O)C2=C(O)[C@@]3(C)CCCN3N(Cc3ccc(C#CCOCCO)c(F)c3F)C2=O)c1OC. The van der Waals surface area contributed by atoms with Crippen LogP contribution in [0.3, 0.4) is 0 Å². The third kappa shape index (κ3) is 7.21. The van der Waals surface area contributed by atoms with Crippen LogP contribution in [0.2, 0.25) is 0 Å². The number of nitrogens with zero attached hydrogens (tertiary/aromatic N) is 2. The molecule has 0 saturated carbocycles. The van der Waals surface area contributed by atoms with E-state index in [2.05, 4.69) is 17.2 Å². The molecule has 1 saturated heterocycles. The molecule has 1 atom stereocenters. The minimum absolute atomic E-state index is 0.0241. The van der Waals surface area contributed by atoms with E-state index in [9.17, 15) is 27.9 Å². The number of carbonyl (C=O) groups is 2. The topological polar surface area (TPSA) is 121 Å². The Balaban J connectivity index is 1.51. The highest BCUT2D eigenvalue weighted by Crippen LogP contribution is 2.45. The van der Waals surface area contributed by atoms with Crippen molar-refractivity contribution >= 4 is 17.5 Å². The third-order valence-corrected chi connectivity index (χ3v) is 8.72. The number of fused-ring (bicyclic) bond motifs is 1. The Morgan fingerprint density at radius 2 is 1.82 bits per heavy atom. The number of para-hydroxylation sites is 1. The number of anilines is 1. The van der Waals surface area contributed by atoms with E-state index in [0.29, 0.717) is 6.42 Å². The average Bonchev–Trinajstić information content (AvgIpc) is 3.51. The molecule has 0 aromatic heterocycles. The second-order valence-electron chi connectivity index (χ2n) is 11.8. The number of hydrogen-bond donors (Lipinski definition) is 3. The number of halogens is 5. The number of methoxy groups -OCH3 is 2. The van der Waals surface area contributed by atoms with Gasteiger partial charge in [-0.25, -0.2) is 13.8 Å². The van der Waals surface area contributed by atoms with Crippen molar-refractivity contribution in [2.75, 3.05) is 45.9 Å². The third-order valence-electron chi connectivity index (χ3n) is 8.72. The van der Waals surface area contributed by atoms with Gasteiger partial charge in [0.15, 0.2) is 23.1 Å². The molecule has 5 rings (SSSR count). The van der Waals surface area contributed by atoms with Crippen LogP contribution in [0.25, 0.3) is 11.1 Å². The van der Waals surface area contributed by atoms with E-state index in [1.165, 1.54) is 49.6 Å². The van der Waals surface area contributed by atoms with Crippen LogP contribution >= 0.6 is 0 Å². The number of hydrazine groups is 1. The molecular weight excluding hydrogens is 681 g/mol. The van der Waals surface area contributed by atoms with Crippen LogP contribution in [-0.2, 0) is 27.0 Å². The van der Waals surface area contributed by atoms with Crippen LogP contribution in [0.5, 0.6) is 11.5 Å². The summed E-state index contributed by atoms with van der Waals surface area (Å²) in [6, 6.07) is 9.56. The number of aliphatic hydroxyl groups excluding tert-OH is 2. The molecule has 2 aliphatic rings. The van der Waals surface area contributed by atoms with Crippen LogP contribution in [0.15, 0.2) is 59.9 Å². The molecule has 0 aliphatic carbocycles. The van der Waals surface area contributed by atoms with Gasteiger partial charge >= 0.3 is 6.18 Å². The molecule has 0 radical (unpaired) electrons. The predicted octanol–water partition coefficient (Wildman–Crippen LogP) is 5.59. The molecule has 0 spiro atoms. The lowest BCUT2D eigenvalue weighted by atomic mass is 9.90. The van der Waals surface area contributed by atoms with E-state index in [0.717, 1.165) is 23.2 Å². The first-order chi connectivity index (χ1) is 24.3. The molecule has 2 heterocycles. The number of hydrogen-bond acceptors (Lipinski definition) is 8. The first-order valence-corrected chi connectivity index (χ1v) is 15.7. The van der Waals surface area contributed by atoms with Crippen LogP contribution < -0.4 is 14.8 Å². The summed E-state index contributed by atoms with van der Waals surface area (Å²) >= 11 is 0. The Kier molecular flexibility index (Phi) is 10.9. The molecule has 15 heteroatoms. The lowest BCUT2D eigenvalue weighted by Gasteiger charge is -2.46. The van der Waals surface area contributed by atoms with Gasteiger partial charge in [-0.1, -0.05) is 30.0 Å². The predicted molar refractivity (Wildman–Crippen MR) is 174 cm³/mol. The Bertz CT molecular complexity index is 1940. The van der Waals surface area contributed by atoms with Gasteiger partial charge in [0.25, 0.3) is 11.8 Å². The fraction of sp³-hybridized carbons (Fsp3) is 0.333. The standard InChI is InChI=1S/C36H34F5N3O7/c1-35-14-6-15-44(35)43(20-22-11-10-21(29(37)30(22)38)7-5-17-51-18-16-45)34(48)28(32(35)46)33(47)42-26-13-12-23(36(39,40)41)19-25(26)24-8-4-9-27(49-2)31(24)50-3/h4,8-13,19,45-46H,6,14-18,20H2,1-3H3,(H,42,47)/t35-/m1/s1. The monoisotopic (exact) mass is 715 g/mol. The second kappa shape index (κ2) is 15.0. The fourth-order valence-corrected chi connectivity index (χ4v) is 6.17. The van der Waals surface area contributed by atoms with E-state index in [1.807, 2.05) is 0 Å². The summed E-state index contributed by atoms with van der Waals surface area (Å²) < 4.78 is 87.7. The lowest BCUT2D eigenvalue weighted by Crippen LogP contribution is -2.60. The summed E-state index contributed by atoms with van der Waals surface area (Å²) in [5.74, 6) is -0.0551. The van der Waals surface area contributed by atoms with E-state index in [1.54, 1.807) is 6.92 Å². The van der Waals surface area contributed by atoms with Crippen LogP contribution in [-0.4, -0.2) is 78.2 Å². The zero-order valence-corrected chi connectivity index (χ0v) is 27.8. The van der Waals surface area contributed by atoms with Crippen LogP contribution in [0.4, 0.5) is 27.6 Å². The average molecular weight is 716 g/mol. The van der Waals surface area contributed by atoms with Gasteiger partial charge in [0.1, 0.15) is 17.9 Å². The van der Waals surface area contributed by atoms with Gasteiger partial charge in [0.2, 0.25) is 0 Å². The van der Waals surface area contributed by atoms with Crippen molar-refractivity contribution in [1.82, 2.24) is 10.0 Å². The number of rotatable bonds is 10. The highest BCUT2D eigenvalue weighted by molar-refractivity contribution is 6.24. The van der Waals surface area contributed by atoms with Gasteiger partial charge in [-0.15, -0.1) is 0 Å². The molecule has 3 aromatic rings. The van der Waals surface area contributed by atoms with Crippen molar-refractivity contribution in [3.05, 3.63) is 88.2 Å². The van der Waals surface area contributed by atoms with E-state index in [-0.39, 0.29) is 72.2 Å². The smallest absolute Gasteiger partial charge is 0.416 e. The first kappa shape index (κ1) is 37.1. The van der Waals surface area contributed by atoms with Crippen LogP contribution in [0.1, 0.15) is 36.5 Å². The molecule has 1 fully saturated rings. The number of amides is 2. The molecule has 51 heavy (non-hydrogen) atoms. The Hall–Kier alpha value is -5.17. The molecular formula is C36H34F5N3O7. The zero-order chi connectivity index (χ0) is 37.1. The van der Waals surface area contributed by atoms with Crippen molar-refractivity contribution in [2.45, 2.75) is 38.0 Å². The van der Waals surface area contributed by atoms with E-state index < -0.39 is 58.6 Å². The normalized spacial score (nSPS) is 17.6. The number of nitrogens with one attached hydrogen (secondary N) is 1. The number of ether oxygens (including phenoxy) is 3. The quantitative estimate of drug-likeness (QED) is 0.108. The summed E-state index contributed by atoms with van der Waals surface area (Å²) in [4.78, 5) is 28.0. The zero-order valence-electron chi connectivity index (χ0n) is 27.8. The van der Waals surface area contributed by atoms with Crippen molar-refractivity contribution in [3.63, 3.8) is 0 Å². The molecule has 10 nitrogen and oxygen atoms in total. The molecule has 0 unspecified atom stereocenters. The van der Waals surface area contributed by atoms with Gasteiger partial charge in [-0.2, -0.15) is 13.2 Å². The molecule has 0 bridgehead atoms. The molecule has 2 aliphatic heterocycles. The Labute approximate surface area is 290 Å². The van der Waals surface area contributed by atoms with Crippen molar-refractivity contribution in [1.29, 1.82) is 0 Å². The maximum Gasteiger partial charge on any atom is 0.416 e. The summed E-state index contributed by atoms with van der Waals surface area (Å²) in [6.45, 7) is 0.969. The van der Waals surface area contributed by atoms with Crippen LogP contribution in [0, 0.1) is 23.5 Å². The summed E-state index contributed by atoms with van der Waals surface area (Å²) in [5, 5.41) is 25.2. The largest absolute Gasteiger partial charge is 0.509 e. The van der Waals surface area contributed by atoms with Gasteiger partial charge in [0.05, 0.1) is 50.6 Å². The van der Waals surface area contributed by atoms with Gasteiger partial charge < -0.3 is 29.7 Å². The van der Waals surface area contributed by atoms with Gasteiger partial charge in [0, 0.05) is 28.9 Å². The van der Waals surface area contributed by atoms with Crippen molar-refractivity contribution in [3.8, 4) is 34.5 Å². The van der Waals surface area contributed by atoms with Gasteiger partial charge in [-0.05, 0) is 50.1 Å². The summed E-state index contributed by atoms with van der Waals surface area (Å²) in [7, 11) is 2.64. The van der Waals surface area contributed by atoms with E-state index >= 15 is 8.78 Å². The number of aliphatic hydroxyl groups is 2. The Morgan fingerprint density at radius 3 is 2.51 bits per heavy atom. The van der Waals surface area contributed by atoms with E-state index in [4.69, 9.17) is 19.3 Å². The number of benzene rings is 3. The van der Waals surface area contributed by atoms with Gasteiger partial charge in [-0.3, -0.25) is 14.6 Å². The molecule has 3 aromatic carbocycles. The maximum absolute atomic E-state index is 15.4. The fourth-order valence-electron chi connectivity index (χ4n) is 6.17.